The molecule has 0 saturated heterocycles. The molecule has 3 nitrogen and oxygen atoms in total. The third-order valence-electron chi connectivity index (χ3n) is 2.95. The van der Waals surface area contributed by atoms with Crippen molar-refractivity contribution in [3.05, 3.63) is 58.1 Å². The van der Waals surface area contributed by atoms with Gasteiger partial charge in [0.15, 0.2) is 6.10 Å². The molecule has 0 spiro atoms. The molecule has 1 N–H and O–H groups in total. The molecule has 0 aromatic heterocycles. The fourth-order valence-electron chi connectivity index (χ4n) is 1.76. The van der Waals surface area contributed by atoms with Gasteiger partial charge in [-0.15, -0.1) is 0 Å². The molecule has 0 aliphatic carbocycles. The molecule has 0 aliphatic rings. The van der Waals surface area contributed by atoms with Gasteiger partial charge in [-0.25, -0.2) is 0 Å². The molecule has 0 aliphatic heterocycles. The Balaban J connectivity index is 2.06. The fourth-order valence-corrected chi connectivity index (χ4v) is 2.10. The van der Waals surface area contributed by atoms with Crippen LogP contribution in [-0.2, 0) is 4.79 Å². The van der Waals surface area contributed by atoms with Crippen LogP contribution in [0.3, 0.4) is 0 Å². The van der Waals surface area contributed by atoms with E-state index in [1.165, 1.54) is 0 Å². The van der Waals surface area contributed by atoms with Crippen LogP contribution < -0.4 is 10.1 Å². The number of para-hydroxylation sites is 1. The van der Waals surface area contributed by atoms with Gasteiger partial charge in [-0.05, 0) is 43.7 Å². The van der Waals surface area contributed by atoms with Gasteiger partial charge in [-0.3, -0.25) is 4.79 Å². The van der Waals surface area contributed by atoms with Gasteiger partial charge in [0, 0.05) is 5.02 Å². The Labute approximate surface area is 133 Å². The van der Waals surface area contributed by atoms with Gasteiger partial charge in [-0.1, -0.05) is 41.4 Å². The number of aryl methyl sites for hydroxylation is 1. The molecular weight excluding hydrogens is 309 g/mol. The number of amides is 1. The molecule has 2 aromatic carbocycles. The third-order valence-corrected chi connectivity index (χ3v) is 3.52. The highest BCUT2D eigenvalue weighted by atomic mass is 35.5. The number of benzene rings is 2. The summed E-state index contributed by atoms with van der Waals surface area (Å²) in [5.41, 5.74) is 1.44. The number of carbonyl (C=O) groups is 1. The van der Waals surface area contributed by atoms with E-state index in [-0.39, 0.29) is 5.91 Å². The maximum atomic E-state index is 12.2. The van der Waals surface area contributed by atoms with Crippen LogP contribution in [0.5, 0.6) is 5.75 Å². The smallest absolute Gasteiger partial charge is 0.265 e. The second-order valence-corrected chi connectivity index (χ2v) is 5.48. The normalized spacial score (nSPS) is 11.8. The summed E-state index contributed by atoms with van der Waals surface area (Å²) < 4.78 is 5.66. The minimum absolute atomic E-state index is 0.289. The topological polar surface area (TPSA) is 38.3 Å². The Morgan fingerprint density at radius 2 is 1.90 bits per heavy atom. The standard InChI is InChI=1S/C16H15Cl2NO2/c1-10-5-3-4-6-15(10)21-11(2)16(20)19-14-9-12(17)7-8-13(14)18/h3-9,11H,1-2H3,(H,19,20). The van der Waals surface area contributed by atoms with Crippen LogP contribution in [0.15, 0.2) is 42.5 Å². The molecule has 0 heterocycles. The first kappa shape index (κ1) is 15.7. The summed E-state index contributed by atoms with van der Waals surface area (Å²) in [7, 11) is 0. The van der Waals surface area contributed by atoms with Crippen molar-refractivity contribution < 1.29 is 9.53 Å². The van der Waals surface area contributed by atoms with Crippen molar-refractivity contribution >= 4 is 34.8 Å². The average molecular weight is 324 g/mol. The quantitative estimate of drug-likeness (QED) is 0.885. The Morgan fingerprint density at radius 3 is 2.62 bits per heavy atom. The lowest BCUT2D eigenvalue weighted by Gasteiger charge is -2.16. The number of anilines is 1. The Kier molecular flexibility index (Phi) is 5.10. The van der Waals surface area contributed by atoms with Gasteiger partial charge in [0.2, 0.25) is 0 Å². The predicted molar refractivity (Wildman–Crippen MR) is 86.4 cm³/mol. The maximum Gasteiger partial charge on any atom is 0.265 e. The van der Waals surface area contributed by atoms with E-state index in [0.29, 0.717) is 21.5 Å². The lowest BCUT2D eigenvalue weighted by Crippen LogP contribution is -2.30. The van der Waals surface area contributed by atoms with Crippen molar-refractivity contribution in [2.24, 2.45) is 0 Å². The fraction of sp³-hybridized carbons (Fsp3) is 0.188. The number of nitrogens with one attached hydrogen (secondary N) is 1. The number of carbonyl (C=O) groups excluding carboxylic acids is 1. The Bertz CT molecular complexity index is 658. The number of hydrogen-bond donors (Lipinski definition) is 1. The largest absolute Gasteiger partial charge is 0.481 e. The average Bonchev–Trinajstić information content (AvgIpc) is 2.45. The minimum atomic E-state index is -0.652. The summed E-state index contributed by atoms with van der Waals surface area (Å²) in [5, 5.41) is 3.64. The Morgan fingerprint density at radius 1 is 1.19 bits per heavy atom. The summed E-state index contributed by atoms with van der Waals surface area (Å²) in [6.07, 6.45) is -0.652. The van der Waals surface area contributed by atoms with Crippen LogP contribution in [-0.4, -0.2) is 12.0 Å². The molecule has 2 aromatic rings. The van der Waals surface area contributed by atoms with Gasteiger partial charge in [0.05, 0.1) is 10.7 Å². The zero-order valence-corrected chi connectivity index (χ0v) is 13.2. The molecule has 5 heteroatoms. The molecule has 0 fully saturated rings. The van der Waals surface area contributed by atoms with Gasteiger partial charge >= 0.3 is 0 Å². The van der Waals surface area contributed by atoms with E-state index in [2.05, 4.69) is 5.32 Å². The molecule has 1 unspecified atom stereocenters. The summed E-state index contributed by atoms with van der Waals surface area (Å²) in [5.74, 6) is 0.389. The summed E-state index contributed by atoms with van der Waals surface area (Å²) in [4.78, 5) is 12.2. The van der Waals surface area contributed by atoms with E-state index < -0.39 is 6.10 Å². The zero-order valence-electron chi connectivity index (χ0n) is 11.7. The van der Waals surface area contributed by atoms with E-state index in [1.807, 2.05) is 31.2 Å². The Hall–Kier alpha value is -1.71. The first-order chi connectivity index (χ1) is 9.97. The van der Waals surface area contributed by atoms with Crippen LogP contribution in [0.4, 0.5) is 5.69 Å². The molecule has 21 heavy (non-hydrogen) atoms. The monoisotopic (exact) mass is 323 g/mol. The third kappa shape index (κ3) is 4.13. The molecular formula is C16H15Cl2NO2. The van der Waals surface area contributed by atoms with Crippen molar-refractivity contribution in [3.63, 3.8) is 0 Å². The van der Waals surface area contributed by atoms with Gasteiger partial charge in [0.25, 0.3) is 5.91 Å². The van der Waals surface area contributed by atoms with Crippen molar-refractivity contribution in [1.29, 1.82) is 0 Å². The highest BCUT2D eigenvalue weighted by Gasteiger charge is 2.17. The second kappa shape index (κ2) is 6.83. The molecule has 1 atom stereocenters. The van der Waals surface area contributed by atoms with E-state index in [9.17, 15) is 4.79 Å². The van der Waals surface area contributed by atoms with Gasteiger partial charge < -0.3 is 10.1 Å². The summed E-state index contributed by atoms with van der Waals surface area (Å²) in [6, 6.07) is 12.4. The number of halogens is 2. The van der Waals surface area contributed by atoms with E-state index in [0.717, 1.165) is 5.56 Å². The lowest BCUT2D eigenvalue weighted by atomic mass is 10.2. The highest BCUT2D eigenvalue weighted by Crippen LogP contribution is 2.26. The molecule has 0 bridgehead atoms. The van der Waals surface area contributed by atoms with E-state index in [4.69, 9.17) is 27.9 Å². The summed E-state index contributed by atoms with van der Waals surface area (Å²) >= 11 is 11.9. The minimum Gasteiger partial charge on any atom is -0.481 e. The van der Waals surface area contributed by atoms with Crippen molar-refractivity contribution in [1.82, 2.24) is 0 Å². The van der Waals surface area contributed by atoms with E-state index in [1.54, 1.807) is 25.1 Å². The number of ether oxygens (including phenoxy) is 1. The predicted octanol–water partition coefficient (Wildman–Crippen LogP) is 4.71. The van der Waals surface area contributed by atoms with Crippen molar-refractivity contribution in [2.45, 2.75) is 20.0 Å². The second-order valence-electron chi connectivity index (χ2n) is 4.64. The summed E-state index contributed by atoms with van der Waals surface area (Å²) in [6.45, 7) is 3.61. The van der Waals surface area contributed by atoms with Crippen LogP contribution in [0, 0.1) is 6.92 Å². The highest BCUT2D eigenvalue weighted by molar-refractivity contribution is 6.35. The SMILES string of the molecule is Cc1ccccc1OC(C)C(=O)Nc1cc(Cl)ccc1Cl. The van der Waals surface area contributed by atoms with Gasteiger partial charge in [0.1, 0.15) is 5.75 Å². The first-order valence-electron chi connectivity index (χ1n) is 6.45. The van der Waals surface area contributed by atoms with Crippen LogP contribution in [0.1, 0.15) is 12.5 Å². The van der Waals surface area contributed by atoms with Crippen LogP contribution in [0.25, 0.3) is 0 Å². The number of rotatable bonds is 4. The first-order valence-corrected chi connectivity index (χ1v) is 7.21. The van der Waals surface area contributed by atoms with Crippen LogP contribution >= 0.6 is 23.2 Å². The van der Waals surface area contributed by atoms with E-state index >= 15 is 0 Å². The number of hydrogen-bond acceptors (Lipinski definition) is 2. The van der Waals surface area contributed by atoms with Crippen molar-refractivity contribution in [2.75, 3.05) is 5.32 Å². The molecule has 0 saturated carbocycles. The molecule has 1 amide bonds. The molecule has 110 valence electrons. The van der Waals surface area contributed by atoms with Crippen LogP contribution in [0.2, 0.25) is 10.0 Å². The van der Waals surface area contributed by atoms with Gasteiger partial charge in [-0.2, -0.15) is 0 Å². The molecule has 2 rings (SSSR count). The maximum absolute atomic E-state index is 12.2. The zero-order chi connectivity index (χ0) is 15.4. The van der Waals surface area contributed by atoms with Crippen molar-refractivity contribution in [3.8, 4) is 5.75 Å². The molecule has 0 radical (unpaired) electrons. The lowest BCUT2D eigenvalue weighted by molar-refractivity contribution is -0.122.